The number of amides is 1. The molecule has 1 amide bonds. The zero-order valence-corrected chi connectivity index (χ0v) is 14.8. The molecule has 3 heterocycles. The molecule has 3 aromatic rings. The SMILES string of the molecule is NCC1CCN(C(=O)c2nc(-c3cccs3)n(-c3ccc(F)cc3)n2)C1. The van der Waals surface area contributed by atoms with Crippen LogP contribution in [-0.4, -0.2) is 45.2 Å². The predicted octanol–water partition coefficient (Wildman–Crippen LogP) is 2.56. The van der Waals surface area contributed by atoms with Gasteiger partial charge in [0.15, 0.2) is 5.82 Å². The topological polar surface area (TPSA) is 77.0 Å². The van der Waals surface area contributed by atoms with Crippen molar-refractivity contribution in [2.24, 2.45) is 11.7 Å². The van der Waals surface area contributed by atoms with E-state index in [-0.39, 0.29) is 17.5 Å². The summed E-state index contributed by atoms with van der Waals surface area (Å²) in [4.78, 5) is 20.0. The van der Waals surface area contributed by atoms with Crippen molar-refractivity contribution in [2.75, 3.05) is 19.6 Å². The van der Waals surface area contributed by atoms with E-state index in [4.69, 9.17) is 5.73 Å². The first-order chi connectivity index (χ1) is 12.7. The van der Waals surface area contributed by atoms with Crippen LogP contribution in [0.5, 0.6) is 0 Å². The molecule has 1 fully saturated rings. The highest BCUT2D eigenvalue weighted by Crippen LogP contribution is 2.26. The van der Waals surface area contributed by atoms with Crippen LogP contribution in [0.25, 0.3) is 16.4 Å². The van der Waals surface area contributed by atoms with Crippen LogP contribution < -0.4 is 5.73 Å². The van der Waals surface area contributed by atoms with Gasteiger partial charge in [-0.05, 0) is 54.6 Å². The Morgan fingerprint density at radius 2 is 2.12 bits per heavy atom. The first-order valence-electron chi connectivity index (χ1n) is 8.42. The van der Waals surface area contributed by atoms with Gasteiger partial charge >= 0.3 is 0 Å². The summed E-state index contributed by atoms with van der Waals surface area (Å²) in [7, 11) is 0. The number of rotatable bonds is 4. The van der Waals surface area contributed by atoms with Crippen LogP contribution >= 0.6 is 11.3 Å². The first-order valence-corrected chi connectivity index (χ1v) is 9.30. The van der Waals surface area contributed by atoms with Crippen molar-refractivity contribution in [3.8, 4) is 16.4 Å². The molecule has 1 aliphatic heterocycles. The highest BCUT2D eigenvalue weighted by Gasteiger charge is 2.29. The van der Waals surface area contributed by atoms with Crippen molar-refractivity contribution < 1.29 is 9.18 Å². The summed E-state index contributed by atoms with van der Waals surface area (Å²) in [6.45, 7) is 1.87. The van der Waals surface area contributed by atoms with Crippen LogP contribution in [0.4, 0.5) is 4.39 Å². The third-order valence-corrected chi connectivity index (χ3v) is 5.38. The number of halogens is 1. The van der Waals surface area contributed by atoms with Crippen LogP contribution in [0, 0.1) is 11.7 Å². The van der Waals surface area contributed by atoms with Crippen LogP contribution in [0.15, 0.2) is 41.8 Å². The van der Waals surface area contributed by atoms with Crippen molar-refractivity contribution in [2.45, 2.75) is 6.42 Å². The highest BCUT2D eigenvalue weighted by atomic mass is 32.1. The van der Waals surface area contributed by atoms with Gasteiger partial charge in [-0.2, -0.15) is 0 Å². The van der Waals surface area contributed by atoms with Gasteiger partial charge < -0.3 is 10.6 Å². The van der Waals surface area contributed by atoms with E-state index in [0.29, 0.717) is 37.1 Å². The molecular formula is C18H18FN5OS. The van der Waals surface area contributed by atoms with Gasteiger partial charge in [-0.1, -0.05) is 6.07 Å². The fourth-order valence-electron chi connectivity index (χ4n) is 3.08. The Morgan fingerprint density at radius 3 is 2.77 bits per heavy atom. The van der Waals surface area contributed by atoms with E-state index in [1.807, 2.05) is 17.5 Å². The normalized spacial score (nSPS) is 17.0. The molecule has 2 aromatic heterocycles. The number of hydrogen-bond acceptors (Lipinski definition) is 5. The van der Waals surface area contributed by atoms with Gasteiger partial charge in [-0.25, -0.2) is 14.1 Å². The zero-order valence-electron chi connectivity index (χ0n) is 14.0. The molecule has 4 rings (SSSR count). The fraction of sp³-hybridized carbons (Fsp3) is 0.278. The van der Waals surface area contributed by atoms with Gasteiger partial charge in [0, 0.05) is 13.1 Å². The van der Waals surface area contributed by atoms with Gasteiger partial charge in [0.05, 0.1) is 10.6 Å². The van der Waals surface area contributed by atoms with E-state index in [1.165, 1.54) is 23.5 Å². The molecule has 1 aliphatic rings. The molecular weight excluding hydrogens is 353 g/mol. The second kappa shape index (κ2) is 6.97. The number of aromatic nitrogens is 3. The molecule has 0 aliphatic carbocycles. The van der Waals surface area contributed by atoms with Crippen molar-refractivity contribution in [3.05, 3.63) is 53.4 Å². The lowest BCUT2D eigenvalue weighted by Crippen LogP contribution is -2.30. The van der Waals surface area contributed by atoms with Crippen molar-refractivity contribution in [1.82, 2.24) is 19.7 Å². The highest BCUT2D eigenvalue weighted by molar-refractivity contribution is 7.13. The van der Waals surface area contributed by atoms with Crippen molar-refractivity contribution >= 4 is 17.2 Å². The monoisotopic (exact) mass is 371 g/mol. The molecule has 8 heteroatoms. The number of hydrogen-bond donors (Lipinski definition) is 1. The van der Waals surface area contributed by atoms with Crippen LogP contribution in [0.1, 0.15) is 17.0 Å². The second-order valence-electron chi connectivity index (χ2n) is 6.27. The van der Waals surface area contributed by atoms with Crippen molar-refractivity contribution in [3.63, 3.8) is 0 Å². The van der Waals surface area contributed by atoms with Crippen LogP contribution in [0.2, 0.25) is 0 Å². The number of benzene rings is 1. The Labute approximate surface area is 154 Å². The maximum absolute atomic E-state index is 13.3. The molecule has 0 radical (unpaired) electrons. The maximum atomic E-state index is 13.3. The Balaban J connectivity index is 1.72. The summed E-state index contributed by atoms with van der Waals surface area (Å²) in [6.07, 6.45) is 0.901. The standard InChI is InChI=1S/C18H18FN5OS/c19-13-3-5-14(6-4-13)24-17(15-2-1-9-26-15)21-16(22-24)18(25)23-8-7-12(10-20)11-23/h1-6,9,12H,7-8,10-11,20H2. The summed E-state index contributed by atoms with van der Waals surface area (Å²) >= 11 is 1.51. The third kappa shape index (κ3) is 3.13. The quantitative estimate of drug-likeness (QED) is 0.765. The minimum Gasteiger partial charge on any atom is -0.336 e. The molecule has 2 N–H and O–H groups in total. The van der Waals surface area contributed by atoms with E-state index in [1.54, 1.807) is 21.7 Å². The van der Waals surface area contributed by atoms with Gasteiger partial charge in [0.2, 0.25) is 5.82 Å². The molecule has 1 atom stereocenters. The molecule has 1 unspecified atom stereocenters. The minimum absolute atomic E-state index is 0.149. The molecule has 1 saturated heterocycles. The third-order valence-electron chi connectivity index (χ3n) is 4.52. The number of nitrogens with two attached hydrogens (primary N) is 1. The summed E-state index contributed by atoms with van der Waals surface area (Å²) in [6, 6.07) is 9.80. The molecule has 1 aromatic carbocycles. The number of carbonyl (C=O) groups is 1. The summed E-state index contributed by atoms with van der Waals surface area (Å²) in [5.41, 5.74) is 6.37. The Kier molecular flexibility index (Phi) is 4.52. The number of nitrogens with zero attached hydrogens (tertiary/aromatic N) is 4. The van der Waals surface area contributed by atoms with Gasteiger partial charge in [-0.3, -0.25) is 4.79 Å². The van der Waals surface area contributed by atoms with E-state index in [2.05, 4.69) is 10.1 Å². The van der Waals surface area contributed by atoms with Crippen LogP contribution in [0.3, 0.4) is 0 Å². The fourth-order valence-corrected chi connectivity index (χ4v) is 3.78. The Hall–Kier alpha value is -2.58. The van der Waals surface area contributed by atoms with Crippen molar-refractivity contribution in [1.29, 1.82) is 0 Å². The largest absolute Gasteiger partial charge is 0.336 e. The molecule has 0 bridgehead atoms. The summed E-state index contributed by atoms with van der Waals surface area (Å²) < 4.78 is 14.9. The summed E-state index contributed by atoms with van der Waals surface area (Å²) in [5, 5.41) is 6.37. The zero-order chi connectivity index (χ0) is 18.1. The molecule has 0 saturated carbocycles. The van der Waals surface area contributed by atoms with Gasteiger partial charge in [0.25, 0.3) is 5.91 Å². The molecule has 0 spiro atoms. The Morgan fingerprint density at radius 1 is 1.31 bits per heavy atom. The summed E-state index contributed by atoms with van der Waals surface area (Å²) in [5.74, 6) is 0.530. The lowest BCUT2D eigenvalue weighted by molar-refractivity contribution is 0.0775. The molecule has 6 nitrogen and oxygen atoms in total. The maximum Gasteiger partial charge on any atom is 0.293 e. The van der Waals surface area contributed by atoms with E-state index in [0.717, 1.165) is 11.3 Å². The lowest BCUT2D eigenvalue weighted by Gasteiger charge is -2.13. The first kappa shape index (κ1) is 16.9. The van der Waals surface area contributed by atoms with E-state index < -0.39 is 0 Å². The van der Waals surface area contributed by atoms with Crippen LogP contribution in [-0.2, 0) is 0 Å². The average Bonchev–Trinajstić information content (AvgIpc) is 3.40. The second-order valence-corrected chi connectivity index (χ2v) is 7.21. The number of likely N-dealkylation sites (tertiary alicyclic amines) is 1. The number of thiophene rings is 1. The number of carbonyl (C=O) groups excluding carboxylic acids is 1. The average molecular weight is 371 g/mol. The van der Waals surface area contributed by atoms with Gasteiger partial charge in [0.1, 0.15) is 5.82 Å². The van der Waals surface area contributed by atoms with E-state index >= 15 is 0 Å². The predicted molar refractivity (Wildman–Crippen MR) is 97.7 cm³/mol. The van der Waals surface area contributed by atoms with E-state index in [9.17, 15) is 9.18 Å². The molecule has 134 valence electrons. The minimum atomic E-state index is -0.326. The smallest absolute Gasteiger partial charge is 0.293 e. The molecule has 26 heavy (non-hydrogen) atoms. The Bertz CT molecular complexity index is 906. The van der Waals surface area contributed by atoms with Gasteiger partial charge in [-0.15, -0.1) is 16.4 Å². The lowest BCUT2D eigenvalue weighted by atomic mass is 10.1.